The summed E-state index contributed by atoms with van der Waals surface area (Å²) >= 11 is 0. The van der Waals surface area contributed by atoms with E-state index in [4.69, 9.17) is 0 Å². The molecule has 0 bridgehead atoms. The van der Waals surface area contributed by atoms with E-state index >= 15 is 0 Å². The molecule has 1 aromatic heterocycles. The molecule has 1 amide bonds. The van der Waals surface area contributed by atoms with Gasteiger partial charge in [-0.2, -0.15) is 5.26 Å². The maximum atomic E-state index is 12.2. The molecule has 1 aromatic rings. The fraction of sp³-hybridized carbons (Fsp3) is 0.533. The molecule has 1 saturated carbocycles. The summed E-state index contributed by atoms with van der Waals surface area (Å²) in [5, 5.41) is 12.2. The van der Waals surface area contributed by atoms with Gasteiger partial charge in [-0.15, -0.1) is 0 Å². The van der Waals surface area contributed by atoms with Crippen molar-refractivity contribution in [3.8, 4) is 6.07 Å². The molecule has 2 rings (SSSR count). The molecule has 1 aliphatic rings. The van der Waals surface area contributed by atoms with Gasteiger partial charge in [0.15, 0.2) is 0 Å². The zero-order chi connectivity index (χ0) is 13.6. The lowest BCUT2D eigenvalue weighted by molar-refractivity contribution is -0.129. The van der Waals surface area contributed by atoms with Crippen molar-refractivity contribution < 1.29 is 4.79 Å². The second kappa shape index (κ2) is 6.33. The minimum Gasteiger partial charge on any atom is -0.354 e. The van der Waals surface area contributed by atoms with E-state index in [1.54, 1.807) is 12.4 Å². The third-order valence-corrected chi connectivity index (χ3v) is 3.78. The molecular formula is C15H19N3O. The number of nitrogens with zero attached hydrogens (tertiary/aromatic N) is 2. The number of carbonyl (C=O) groups excluding carboxylic acids is 1. The van der Waals surface area contributed by atoms with Crippen LogP contribution in [0.3, 0.4) is 0 Å². The quantitative estimate of drug-likeness (QED) is 0.899. The Hall–Kier alpha value is -1.89. The average molecular weight is 257 g/mol. The zero-order valence-corrected chi connectivity index (χ0v) is 11.1. The van der Waals surface area contributed by atoms with Crippen molar-refractivity contribution in [2.45, 2.75) is 38.5 Å². The van der Waals surface area contributed by atoms with Crippen molar-refractivity contribution in [1.29, 1.82) is 5.26 Å². The molecule has 0 aromatic carbocycles. The monoisotopic (exact) mass is 257 g/mol. The Kier molecular flexibility index (Phi) is 4.51. The second-order valence-electron chi connectivity index (χ2n) is 5.12. The summed E-state index contributed by atoms with van der Waals surface area (Å²) in [7, 11) is 0. The molecule has 0 aliphatic heterocycles. The van der Waals surface area contributed by atoms with Crippen molar-refractivity contribution in [2.24, 2.45) is 5.41 Å². The van der Waals surface area contributed by atoms with Crippen LogP contribution in [0.25, 0.3) is 0 Å². The van der Waals surface area contributed by atoms with Crippen LogP contribution in [0, 0.1) is 16.7 Å². The summed E-state index contributed by atoms with van der Waals surface area (Å²) < 4.78 is 0. The van der Waals surface area contributed by atoms with Gasteiger partial charge in [-0.3, -0.25) is 9.78 Å². The van der Waals surface area contributed by atoms with Crippen molar-refractivity contribution in [2.75, 3.05) is 6.54 Å². The Labute approximate surface area is 113 Å². The highest BCUT2D eigenvalue weighted by atomic mass is 16.2. The van der Waals surface area contributed by atoms with E-state index in [0.717, 1.165) is 31.2 Å². The molecule has 100 valence electrons. The number of carbonyl (C=O) groups is 1. The summed E-state index contributed by atoms with van der Waals surface area (Å²) in [4.78, 5) is 16.2. The topological polar surface area (TPSA) is 65.8 Å². The second-order valence-corrected chi connectivity index (χ2v) is 5.12. The molecule has 0 atom stereocenters. The van der Waals surface area contributed by atoms with Gasteiger partial charge >= 0.3 is 0 Å². The molecule has 1 aliphatic carbocycles. The van der Waals surface area contributed by atoms with Crippen LogP contribution in [0.15, 0.2) is 24.5 Å². The number of hydrogen-bond donors (Lipinski definition) is 1. The summed E-state index contributed by atoms with van der Waals surface area (Å²) in [6.45, 7) is 0.563. The largest absolute Gasteiger partial charge is 0.354 e. The number of nitrogens with one attached hydrogen (secondary N) is 1. The van der Waals surface area contributed by atoms with Gasteiger partial charge in [0.2, 0.25) is 5.91 Å². The normalized spacial score (nSPS) is 17.4. The number of pyridine rings is 1. The van der Waals surface area contributed by atoms with Crippen LogP contribution in [0.1, 0.15) is 37.7 Å². The van der Waals surface area contributed by atoms with E-state index in [9.17, 15) is 10.1 Å². The predicted molar refractivity (Wildman–Crippen MR) is 72.1 cm³/mol. The molecule has 0 unspecified atom stereocenters. The van der Waals surface area contributed by atoms with Crippen LogP contribution in [0.4, 0.5) is 0 Å². The smallest absolute Gasteiger partial charge is 0.240 e. The number of rotatable bonds is 4. The van der Waals surface area contributed by atoms with E-state index < -0.39 is 5.41 Å². The van der Waals surface area contributed by atoms with Gasteiger partial charge in [-0.25, -0.2) is 0 Å². The van der Waals surface area contributed by atoms with Crippen LogP contribution in [0.5, 0.6) is 0 Å². The molecule has 1 heterocycles. The lowest BCUT2D eigenvalue weighted by Gasteiger charge is -2.29. The Balaban J connectivity index is 1.85. The minimum absolute atomic E-state index is 0.0985. The molecule has 4 heteroatoms. The third kappa shape index (κ3) is 3.31. The van der Waals surface area contributed by atoms with Gasteiger partial charge in [-0.05, 0) is 30.9 Å². The Bertz CT molecular complexity index is 458. The van der Waals surface area contributed by atoms with Gasteiger partial charge < -0.3 is 5.32 Å². The molecule has 19 heavy (non-hydrogen) atoms. The molecule has 4 nitrogen and oxygen atoms in total. The van der Waals surface area contributed by atoms with Crippen molar-refractivity contribution in [3.05, 3.63) is 30.1 Å². The van der Waals surface area contributed by atoms with E-state index in [1.807, 2.05) is 12.1 Å². The maximum Gasteiger partial charge on any atom is 0.240 e. The van der Waals surface area contributed by atoms with E-state index in [2.05, 4.69) is 16.4 Å². The van der Waals surface area contributed by atoms with Crippen LogP contribution in [0.2, 0.25) is 0 Å². The maximum absolute atomic E-state index is 12.2. The molecule has 0 radical (unpaired) electrons. The standard InChI is InChI=1S/C15H19N3O/c16-12-15(7-2-1-3-8-15)14(19)18-10-6-13-5-4-9-17-11-13/h4-5,9,11H,1-3,6-8,10H2,(H,18,19). The summed E-state index contributed by atoms with van der Waals surface area (Å²) in [5.41, 5.74) is 0.310. The van der Waals surface area contributed by atoms with Gasteiger partial charge in [0.1, 0.15) is 5.41 Å². The summed E-state index contributed by atoms with van der Waals surface area (Å²) in [6.07, 6.45) is 8.76. The number of hydrogen-bond acceptors (Lipinski definition) is 3. The highest BCUT2D eigenvalue weighted by molar-refractivity contribution is 5.85. The molecule has 0 spiro atoms. The first-order valence-electron chi connectivity index (χ1n) is 6.85. The van der Waals surface area contributed by atoms with E-state index in [0.29, 0.717) is 19.4 Å². The van der Waals surface area contributed by atoms with Gasteiger partial charge in [0.05, 0.1) is 6.07 Å². The number of amides is 1. The van der Waals surface area contributed by atoms with Crippen LogP contribution in [-0.4, -0.2) is 17.4 Å². The summed E-state index contributed by atoms with van der Waals surface area (Å²) in [5.74, 6) is -0.0985. The van der Waals surface area contributed by atoms with E-state index in [1.165, 1.54) is 0 Å². The molecule has 1 fully saturated rings. The van der Waals surface area contributed by atoms with Crippen LogP contribution >= 0.6 is 0 Å². The highest BCUT2D eigenvalue weighted by Crippen LogP contribution is 2.35. The average Bonchev–Trinajstić information content (AvgIpc) is 2.49. The Morgan fingerprint density at radius 2 is 2.21 bits per heavy atom. The Morgan fingerprint density at radius 1 is 1.42 bits per heavy atom. The predicted octanol–water partition coefficient (Wildman–Crippen LogP) is 2.21. The lowest BCUT2D eigenvalue weighted by atomic mass is 9.74. The zero-order valence-electron chi connectivity index (χ0n) is 11.1. The van der Waals surface area contributed by atoms with Gasteiger partial charge in [0, 0.05) is 18.9 Å². The lowest BCUT2D eigenvalue weighted by Crippen LogP contribution is -2.42. The Morgan fingerprint density at radius 3 is 2.84 bits per heavy atom. The molecule has 0 saturated heterocycles. The van der Waals surface area contributed by atoms with Crippen molar-refractivity contribution in [1.82, 2.24) is 10.3 Å². The van der Waals surface area contributed by atoms with Gasteiger partial charge in [-0.1, -0.05) is 25.3 Å². The minimum atomic E-state index is -0.785. The highest BCUT2D eigenvalue weighted by Gasteiger charge is 2.39. The first kappa shape index (κ1) is 13.5. The third-order valence-electron chi connectivity index (χ3n) is 3.78. The first-order valence-corrected chi connectivity index (χ1v) is 6.85. The molecule has 1 N–H and O–H groups in total. The van der Waals surface area contributed by atoms with Crippen LogP contribution < -0.4 is 5.32 Å². The fourth-order valence-corrected chi connectivity index (χ4v) is 2.58. The number of nitriles is 1. The number of aromatic nitrogens is 1. The molecular weight excluding hydrogens is 238 g/mol. The van der Waals surface area contributed by atoms with E-state index in [-0.39, 0.29) is 5.91 Å². The van der Waals surface area contributed by atoms with Crippen LogP contribution in [-0.2, 0) is 11.2 Å². The van der Waals surface area contributed by atoms with Gasteiger partial charge in [0.25, 0.3) is 0 Å². The first-order chi connectivity index (χ1) is 9.27. The SMILES string of the molecule is N#CC1(C(=O)NCCc2cccnc2)CCCCC1. The van der Waals surface area contributed by atoms with Crippen molar-refractivity contribution >= 4 is 5.91 Å². The summed E-state index contributed by atoms with van der Waals surface area (Å²) in [6, 6.07) is 6.11. The fourth-order valence-electron chi connectivity index (χ4n) is 2.58. The van der Waals surface area contributed by atoms with Crippen molar-refractivity contribution in [3.63, 3.8) is 0 Å².